The largest absolute Gasteiger partial charge is 0.447 e. The normalized spacial score (nSPS) is 16.5. The summed E-state index contributed by atoms with van der Waals surface area (Å²) < 4.78 is 10.1. The van der Waals surface area contributed by atoms with Crippen LogP contribution in [-0.4, -0.2) is 43.9 Å². The van der Waals surface area contributed by atoms with Crippen molar-refractivity contribution >= 4 is 6.09 Å². The molecule has 0 aromatic heterocycles. The van der Waals surface area contributed by atoms with Gasteiger partial charge in [0, 0.05) is 20.2 Å². The molecular weight excluding hydrogens is 194 g/mol. The third kappa shape index (κ3) is 3.91. The molecule has 1 aliphatic heterocycles. The van der Waals surface area contributed by atoms with Gasteiger partial charge in [0.25, 0.3) is 0 Å². The molecule has 86 valence electrons. The van der Waals surface area contributed by atoms with Crippen LogP contribution in [0.1, 0.15) is 20.3 Å². The van der Waals surface area contributed by atoms with Gasteiger partial charge in [-0.25, -0.2) is 4.79 Å². The van der Waals surface area contributed by atoms with Crippen LogP contribution in [0.5, 0.6) is 0 Å². The van der Waals surface area contributed by atoms with Crippen LogP contribution in [0.3, 0.4) is 0 Å². The highest BCUT2D eigenvalue weighted by atomic mass is 16.6. The van der Waals surface area contributed by atoms with Crippen LogP contribution in [0.2, 0.25) is 0 Å². The maximum absolute atomic E-state index is 11.5. The van der Waals surface area contributed by atoms with Gasteiger partial charge in [0.15, 0.2) is 0 Å². The zero-order valence-electron chi connectivity index (χ0n) is 9.66. The lowest BCUT2D eigenvalue weighted by atomic mass is 10.1. The molecular formula is C11H19NO3. The van der Waals surface area contributed by atoms with Crippen LogP contribution in [-0.2, 0) is 9.47 Å². The quantitative estimate of drug-likeness (QED) is 0.671. The summed E-state index contributed by atoms with van der Waals surface area (Å²) in [6.45, 7) is 5.72. The highest BCUT2D eigenvalue weighted by Crippen LogP contribution is 2.12. The Kier molecular flexibility index (Phi) is 4.62. The standard InChI is InChI=1S/C11H19NO3/c1-9(2)15-11(13)12-6-4-10(5-7-12)8-14-3/h4,9H,5-8H2,1-3H3. The fourth-order valence-electron chi connectivity index (χ4n) is 1.47. The minimum absolute atomic E-state index is 0.0538. The maximum Gasteiger partial charge on any atom is 0.410 e. The first-order valence-electron chi connectivity index (χ1n) is 5.26. The van der Waals surface area contributed by atoms with Crippen molar-refractivity contribution in [1.29, 1.82) is 0 Å². The lowest BCUT2D eigenvalue weighted by molar-refractivity contribution is 0.0784. The zero-order valence-corrected chi connectivity index (χ0v) is 9.66. The first-order chi connectivity index (χ1) is 7.13. The van der Waals surface area contributed by atoms with Gasteiger partial charge in [-0.3, -0.25) is 0 Å². The fraction of sp³-hybridized carbons (Fsp3) is 0.727. The van der Waals surface area contributed by atoms with Crippen molar-refractivity contribution in [3.63, 3.8) is 0 Å². The monoisotopic (exact) mass is 213 g/mol. The fourth-order valence-corrected chi connectivity index (χ4v) is 1.47. The number of carbonyl (C=O) groups is 1. The topological polar surface area (TPSA) is 38.8 Å². The van der Waals surface area contributed by atoms with Crippen LogP contribution >= 0.6 is 0 Å². The van der Waals surface area contributed by atoms with Gasteiger partial charge in [-0.15, -0.1) is 0 Å². The molecule has 0 bridgehead atoms. The number of hydrogen-bond acceptors (Lipinski definition) is 3. The van der Waals surface area contributed by atoms with E-state index in [4.69, 9.17) is 9.47 Å². The summed E-state index contributed by atoms with van der Waals surface area (Å²) in [5.74, 6) is 0. The van der Waals surface area contributed by atoms with Gasteiger partial charge < -0.3 is 14.4 Å². The van der Waals surface area contributed by atoms with Crippen LogP contribution in [0.25, 0.3) is 0 Å². The molecule has 0 unspecified atom stereocenters. The second-order valence-corrected chi connectivity index (χ2v) is 3.92. The summed E-state index contributed by atoms with van der Waals surface area (Å²) >= 11 is 0. The predicted molar refractivity (Wildman–Crippen MR) is 57.8 cm³/mol. The number of amides is 1. The van der Waals surface area contributed by atoms with Gasteiger partial charge in [-0.1, -0.05) is 6.08 Å². The molecule has 15 heavy (non-hydrogen) atoms. The summed E-state index contributed by atoms with van der Waals surface area (Å²) in [4.78, 5) is 13.2. The van der Waals surface area contributed by atoms with E-state index >= 15 is 0 Å². The van der Waals surface area contributed by atoms with Gasteiger partial charge in [0.2, 0.25) is 0 Å². The van der Waals surface area contributed by atoms with E-state index in [1.54, 1.807) is 12.0 Å². The van der Waals surface area contributed by atoms with Gasteiger partial charge in [0.1, 0.15) is 0 Å². The van der Waals surface area contributed by atoms with Crippen molar-refractivity contribution in [2.24, 2.45) is 0 Å². The molecule has 0 aliphatic carbocycles. The smallest absolute Gasteiger partial charge is 0.410 e. The average Bonchev–Trinajstić information content (AvgIpc) is 2.18. The molecule has 4 heteroatoms. The third-order valence-corrected chi connectivity index (χ3v) is 2.23. The van der Waals surface area contributed by atoms with E-state index in [1.165, 1.54) is 5.57 Å². The number of nitrogens with zero attached hydrogens (tertiary/aromatic N) is 1. The Hall–Kier alpha value is -1.03. The summed E-state index contributed by atoms with van der Waals surface area (Å²) in [6.07, 6.45) is 2.63. The molecule has 0 N–H and O–H groups in total. The van der Waals surface area contributed by atoms with Crippen LogP contribution in [0, 0.1) is 0 Å². The molecule has 4 nitrogen and oxygen atoms in total. The summed E-state index contributed by atoms with van der Waals surface area (Å²) in [7, 11) is 1.68. The zero-order chi connectivity index (χ0) is 11.3. The minimum Gasteiger partial charge on any atom is -0.447 e. The summed E-state index contributed by atoms with van der Waals surface area (Å²) in [5, 5.41) is 0. The van der Waals surface area contributed by atoms with Crippen molar-refractivity contribution in [3.05, 3.63) is 11.6 Å². The van der Waals surface area contributed by atoms with Crippen molar-refractivity contribution in [2.75, 3.05) is 26.8 Å². The van der Waals surface area contributed by atoms with Gasteiger partial charge in [0.05, 0.1) is 12.7 Å². The minimum atomic E-state index is -0.224. The molecule has 0 fully saturated rings. The molecule has 1 aliphatic rings. The maximum atomic E-state index is 11.5. The first kappa shape index (κ1) is 12.0. The van der Waals surface area contributed by atoms with Crippen molar-refractivity contribution in [3.8, 4) is 0 Å². The highest BCUT2D eigenvalue weighted by Gasteiger charge is 2.18. The Morgan fingerprint density at radius 1 is 1.60 bits per heavy atom. The predicted octanol–water partition coefficient (Wildman–Crippen LogP) is 1.81. The Morgan fingerprint density at radius 2 is 2.33 bits per heavy atom. The number of carbonyl (C=O) groups excluding carboxylic acids is 1. The Morgan fingerprint density at radius 3 is 2.80 bits per heavy atom. The molecule has 0 radical (unpaired) electrons. The van der Waals surface area contributed by atoms with E-state index in [9.17, 15) is 4.79 Å². The molecule has 0 aromatic carbocycles. The highest BCUT2D eigenvalue weighted by molar-refractivity contribution is 5.68. The van der Waals surface area contributed by atoms with E-state index in [0.29, 0.717) is 13.2 Å². The third-order valence-electron chi connectivity index (χ3n) is 2.23. The lowest BCUT2D eigenvalue weighted by Gasteiger charge is -2.26. The second-order valence-electron chi connectivity index (χ2n) is 3.92. The first-order valence-corrected chi connectivity index (χ1v) is 5.26. The molecule has 0 saturated carbocycles. The molecule has 0 saturated heterocycles. The van der Waals surface area contributed by atoms with Crippen molar-refractivity contribution in [2.45, 2.75) is 26.4 Å². The molecule has 0 aromatic rings. The number of methoxy groups -OCH3 is 1. The molecule has 1 heterocycles. The van der Waals surface area contributed by atoms with E-state index in [2.05, 4.69) is 0 Å². The lowest BCUT2D eigenvalue weighted by Crippen LogP contribution is -2.36. The number of ether oxygens (including phenoxy) is 2. The Balaban J connectivity index is 2.39. The molecule has 0 atom stereocenters. The summed E-state index contributed by atoms with van der Waals surface area (Å²) in [6, 6.07) is 0. The SMILES string of the molecule is COCC1=CCN(C(=O)OC(C)C)CC1. The Labute approximate surface area is 90.8 Å². The van der Waals surface area contributed by atoms with Gasteiger partial charge in [-0.2, -0.15) is 0 Å². The van der Waals surface area contributed by atoms with Crippen LogP contribution < -0.4 is 0 Å². The molecule has 1 rings (SSSR count). The average molecular weight is 213 g/mol. The van der Waals surface area contributed by atoms with Crippen molar-refractivity contribution in [1.82, 2.24) is 4.90 Å². The Bertz CT molecular complexity index is 248. The summed E-state index contributed by atoms with van der Waals surface area (Å²) in [5.41, 5.74) is 1.26. The second kappa shape index (κ2) is 5.75. The van der Waals surface area contributed by atoms with Crippen molar-refractivity contribution < 1.29 is 14.3 Å². The van der Waals surface area contributed by atoms with E-state index in [0.717, 1.165) is 13.0 Å². The van der Waals surface area contributed by atoms with E-state index in [-0.39, 0.29) is 12.2 Å². The number of hydrogen-bond donors (Lipinski definition) is 0. The van der Waals surface area contributed by atoms with Gasteiger partial charge >= 0.3 is 6.09 Å². The number of rotatable bonds is 3. The van der Waals surface area contributed by atoms with E-state index < -0.39 is 0 Å². The van der Waals surface area contributed by atoms with E-state index in [1.807, 2.05) is 19.9 Å². The van der Waals surface area contributed by atoms with Gasteiger partial charge in [-0.05, 0) is 25.8 Å². The molecule has 1 amide bonds. The van der Waals surface area contributed by atoms with Crippen LogP contribution in [0.4, 0.5) is 4.79 Å². The van der Waals surface area contributed by atoms with Crippen LogP contribution in [0.15, 0.2) is 11.6 Å². The molecule has 0 spiro atoms.